The van der Waals surface area contributed by atoms with E-state index < -0.39 is 5.97 Å². The molecule has 1 fully saturated rings. The molecule has 2 aromatic carbocycles. The van der Waals surface area contributed by atoms with Gasteiger partial charge in [0.25, 0.3) is 11.8 Å². The third-order valence-corrected chi connectivity index (χ3v) is 5.13. The minimum atomic E-state index is -0.420. The number of rotatable bonds is 6. The predicted octanol–water partition coefficient (Wildman–Crippen LogP) is 2.90. The quantitative estimate of drug-likeness (QED) is 0.585. The summed E-state index contributed by atoms with van der Waals surface area (Å²) in [5.74, 6) is 0.695. The molecule has 0 atom stereocenters. The van der Waals surface area contributed by atoms with Crippen LogP contribution in [0.1, 0.15) is 40.5 Å². The topological polar surface area (TPSA) is 84.9 Å². The second-order valence-electron chi connectivity index (χ2n) is 7.30. The maximum absolute atomic E-state index is 12.8. The number of amides is 2. The summed E-state index contributed by atoms with van der Waals surface area (Å²) < 4.78 is 10.2. The summed E-state index contributed by atoms with van der Waals surface area (Å²) >= 11 is 0. The van der Waals surface area contributed by atoms with Crippen molar-refractivity contribution in [2.75, 3.05) is 26.7 Å². The van der Waals surface area contributed by atoms with Gasteiger partial charge in [-0.2, -0.15) is 0 Å². The van der Waals surface area contributed by atoms with Gasteiger partial charge >= 0.3 is 5.97 Å². The van der Waals surface area contributed by atoms with E-state index in [4.69, 9.17) is 9.47 Å². The van der Waals surface area contributed by atoms with Gasteiger partial charge in [-0.25, -0.2) is 0 Å². The Morgan fingerprint density at radius 2 is 1.63 bits per heavy atom. The number of methoxy groups -OCH3 is 1. The first-order valence-corrected chi connectivity index (χ1v) is 9.96. The van der Waals surface area contributed by atoms with Crippen LogP contribution in [0.4, 0.5) is 0 Å². The maximum atomic E-state index is 12.8. The lowest BCUT2D eigenvalue weighted by molar-refractivity contribution is -0.131. The molecule has 0 bridgehead atoms. The Bertz CT molecular complexity index is 919. The van der Waals surface area contributed by atoms with Gasteiger partial charge < -0.3 is 19.7 Å². The Balaban J connectivity index is 1.49. The summed E-state index contributed by atoms with van der Waals surface area (Å²) in [6.45, 7) is 3.14. The molecule has 0 aromatic heterocycles. The van der Waals surface area contributed by atoms with Crippen molar-refractivity contribution in [3.05, 3.63) is 59.7 Å². The summed E-state index contributed by atoms with van der Waals surface area (Å²) in [5.41, 5.74) is 1.06. The number of nitrogens with zero attached hydrogens (tertiary/aromatic N) is 1. The second-order valence-corrected chi connectivity index (χ2v) is 7.30. The first kappa shape index (κ1) is 21.4. The fourth-order valence-electron chi connectivity index (χ4n) is 3.48. The number of carbonyl (C=O) groups is 3. The van der Waals surface area contributed by atoms with E-state index in [2.05, 4.69) is 5.32 Å². The minimum absolute atomic E-state index is 0.0807. The van der Waals surface area contributed by atoms with E-state index in [0.717, 1.165) is 12.8 Å². The van der Waals surface area contributed by atoms with Crippen LogP contribution in [0, 0.1) is 5.92 Å². The van der Waals surface area contributed by atoms with Crippen LogP contribution < -0.4 is 14.8 Å². The van der Waals surface area contributed by atoms with Crippen LogP contribution in [-0.2, 0) is 4.79 Å². The molecule has 0 spiro atoms. The molecule has 1 saturated heterocycles. The van der Waals surface area contributed by atoms with Crippen LogP contribution >= 0.6 is 0 Å². The Hall–Kier alpha value is -3.35. The molecular weight excluding hydrogens is 384 g/mol. The number of esters is 1. The van der Waals surface area contributed by atoms with Crippen molar-refractivity contribution < 1.29 is 23.9 Å². The lowest BCUT2D eigenvalue weighted by Crippen LogP contribution is -2.41. The molecule has 0 unspecified atom stereocenters. The van der Waals surface area contributed by atoms with Gasteiger partial charge in [-0.3, -0.25) is 14.4 Å². The zero-order valence-electron chi connectivity index (χ0n) is 17.2. The second kappa shape index (κ2) is 9.91. The maximum Gasteiger partial charge on any atom is 0.308 e. The molecule has 0 saturated carbocycles. The summed E-state index contributed by atoms with van der Waals surface area (Å²) in [6.07, 6.45) is 1.63. The Morgan fingerprint density at radius 1 is 1.00 bits per heavy atom. The third kappa shape index (κ3) is 5.59. The van der Waals surface area contributed by atoms with E-state index >= 15 is 0 Å². The third-order valence-electron chi connectivity index (χ3n) is 5.13. The van der Waals surface area contributed by atoms with Gasteiger partial charge in [-0.05, 0) is 55.2 Å². The van der Waals surface area contributed by atoms with E-state index in [0.29, 0.717) is 48.2 Å². The van der Waals surface area contributed by atoms with Gasteiger partial charge in [0.2, 0.25) is 0 Å². The van der Waals surface area contributed by atoms with Gasteiger partial charge in [0.15, 0.2) is 0 Å². The highest BCUT2D eigenvalue weighted by Crippen LogP contribution is 2.21. The van der Waals surface area contributed by atoms with E-state index in [9.17, 15) is 14.4 Å². The Labute approximate surface area is 176 Å². The fourth-order valence-corrected chi connectivity index (χ4v) is 3.48. The highest BCUT2D eigenvalue weighted by Gasteiger charge is 2.24. The molecule has 1 N–H and O–H groups in total. The van der Waals surface area contributed by atoms with Crippen molar-refractivity contribution >= 4 is 17.8 Å². The van der Waals surface area contributed by atoms with Crippen LogP contribution in [0.5, 0.6) is 11.5 Å². The summed E-state index contributed by atoms with van der Waals surface area (Å²) in [6, 6.07) is 13.7. The predicted molar refractivity (Wildman–Crippen MR) is 112 cm³/mol. The monoisotopic (exact) mass is 410 g/mol. The van der Waals surface area contributed by atoms with Gasteiger partial charge in [0, 0.05) is 37.7 Å². The number of hydrogen-bond acceptors (Lipinski definition) is 5. The fraction of sp³-hybridized carbons (Fsp3) is 0.348. The molecule has 1 heterocycles. The molecule has 7 heteroatoms. The van der Waals surface area contributed by atoms with Crippen LogP contribution in [0.2, 0.25) is 0 Å². The average molecular weight is 410 g/mol. The van der Waals surface area contributed by atoms with E-state index in [-0.39, 0.29) is 11.8 Å². The van der Waals surface area contributed by atoms with Gasteiger partial charge in [0.1, 0.15) is 11.5 Å². The zero-order chi connectivity index (χ0) is 21.5. The molecule has 7 nitrogen and oxygen atoms in total. The number of benzene rings is 2. The van der Waals surface area contributed by atoms with E-state index in [1.54, 1.807) is 60.5 Å². The number of piperidine rings is 1. The summed E-state index contributed by atoms with van der Waals surface area (Å²) in [5, 5.41) is 2.97. The molecular formula is C23H26N2O5. The Morgan fingerprint density at radius 3 is 2.30 bits per heavy atom. The van der Waals surface area contributed by atoms with Crippen molar-refractivity contribution in [1.82, 2.24) is 10.2 Å². The zero-order valence-corrected chi connectivity index (χ0v) is 17.2. The van der Waals surface area contributed by atoms with Crippen molar-refractivity contribution in [3.63, 3.8) is 0 Å². The smallest absolute Gasteiger partial charge is 0.308 e. The van der Waals surface area contributed by atoms with Crippen molar-refractivity contribution in [2.45, 2.75) is 19.8 Å². The molecule has 1 aliphatic rings. The molecule has 0 radical (unpaired) electrons. The number of ether oxygens (including phenoxy) is 2. The highest BCUT2D eigenvalue weighted by atomic mass is 16.5. The lowest BCUT2D eigenvalue weighted by atomic mass is 9.96. The average Bonchev–Trinajstić information content (AvgIpc) is 2.77. The first-order chi connectivity index (χ1) is 14.5. The summed E-state index contributed by atoms with van der Waals surface area (Å²) in [4.78, 5) is 38.0. The Kier molecular flexibility index (Phi) is 7.06. The van der Waals surface area contributed by atoms with Gasteiger partial charge in [0.05, 0.1) is 7.11 Å². The molecule has 158 valence electrons. The summed E-state index contributed by atoms with van der Waals surface area (Å²) in [7, 11) is 1.57. The normalized spacial score (nSPS) is 14.1. The minimum Gasteiger partial charge on any atom is -0.497 e. The van der Waals surface area contributed by atoms with Crippen LogP contribution in [-0.4, -0.2) is 49.4 Å². The molecule has 2 amide bonds. The van der Waals surface area contributed by atoms with Crippen molar-refractivity contribution in [3.8, 4) is 11.5 Å². The van der Waals surface area contributed by atoms with Gasteiger partial charge in [-0.1, -0.05) is 12.1 Å². The largest absolute Gasteiger partial charge is 0.497 e. The molecule has 0 aliphatic carbocycles. The van der Waals surface area contributed by atoms with Crippen molar-refractivity contribution in [1.29, 1.82) is 0 Å². The molecule has 1 aliphatic heterocycles. The molecule has 2 aromatic rings. The van der Waals surface area contributed by atoms with E-state index in [1.165, 1.54) is 6.92 Å². The number of carbonyl (C=O) groups excluding carboxylic acids is 3. The van der Waals surface area contributed by atoms with Crippen LogP contribution in [0.3, 0.4) is 0 Å². The van der Waals surface area contributed by atoms with E-state index in [1.807, 2.05) is 0 Å². The first-order valence-electron chi connectivity index (χ1n) is 9.96. The number of hydrogen-bond donors (Lipinski definition) is 1. The van der Waals surface area contributed by atoms with Gasteiger partial charge in [-0.15, -0.1) is 0 Å². The van der Waals surface area contributed by atoms with Crippen LogP contribution in [0.25, 0.3) is 0 Å². The molecule has 3 rings (SSSR count). The molecule has 30 heavy (non-hydrogen) atoms. The standard InChI is InChI=1S/C23H26N2O5/c1-16(26)30-21-8-4-6-19(14-21)23(28)25-11-9-17(10-12-25)15-24-22(27)18-5-3-7-20(13-18)29-2/h3-8,13-14,17H,9-12,15H2,1-2H3,(H,24,27). The van der Waals surface area contributed by atoms with Crippen molar-refractivity contribution in [2.24, 2.45) is 5.92 Å². The van der Waals surface area contributed by atoms with Crippen LogP contribution in [0.15, 0.2) is 48.5 Å². The highest BCUT2D eigenvalue weighted by molar-refractivity contribution is 5.95. The number of likely N-dealkylation sites (tertiary alicyclic amines) is 1. The lowest BCUT2D eigenvalue weighted by Gasteiger charge is -2.32. The SMILES string of the molecule is COc1cccc(C(=O)NCC2CCN(C(=O)c3cccc(OC(C)=O)c3)CC2)c1. The number of nitrogens with one attached hydrogen (secondary N) is 1.